The van der Waals surface area contributed by atoms with E-state index >= 15 is 0 Å². The SMILES string of the molecule is CCCC[n+]1cn(C)c(C)c1C.N#CC(C#N)C#N. The summed E-state index contributed by atoms with van der Waals surface area (Å²) in [5.41, 5.74) is 2.76. The molecule has 1 rings (SSSR count). The predicted octanol–water partition coefficient (Wildman–Crippen LogP) is 1.90. The summed E-state index contributed by atoms with van der Waals surface area (Å²) in [6.07, 6.45) is 4.72. The van der Waals surface area contributed by atoms with Gasteiger partial charge < -0.3 is 0 Å². The van der Waals surface area contributed by atoms with Crippen LogP contribution in [0.3, 0.4) is 0 Å². The van der Waals surface area contributed by atoms with Crippen molar-refractivity contribution in [3.8, 4) is 18.2 Å². The number of imidazole rings is 1. The summed E-state index contributed by atoms with van der Waals surface area (Å²) in [5.74, 6) is -1.10. The molecule has 0 saturated heterocycles. The number of unbranched alkanes of at least 4 members (excludes halogenated alkanes) is 1. The number of nitrogens with zero attached hydrogens (tertiary/aromatic N) is 5. The van der Waals surface area contributed by atoms with E-state index in [2.05, 4.69) is 43.3 Å². The molecular formula is C14H20N5+. The van der Waals surface area contributed by atoms with E-state index in [1.165, 1.54) is 42.4 Å². The maximum atomic E-state index is 7.83. The smallest absolute Gasteiger partial charge is 0.237 e. The Morgan fingerprint density at radius 2 is 1.74 bits per heavy atom. The number of nitriles is 3. The minimum Gasteiger partial charge on any atom is -0.237 e. The van der Waals surface area contributed by atoms with Crippen LogP contribution in [0.1, 0.15) is 31.2 Å². The molecule has 0 atom stereocenters. The van der Waals surface area contributed by atoms with Gasteiger partial charge >= 0.3 is 0 Å². The minimum absolute atomic E-state index is 1.10. The Bertz CT molecular complexity index is 488. The molecular weight excluding hydrogens is 238 g/mol. The van der Waals surface area contributed by atoms with Gasteiger partial charge in [-0.25, -0.2) is 9.13 Å². The number of hydrogen-bond acceptors (Lipinski definition) is 3. The highest BCUT2D eigenvalue weighted by atomic mass is 15.1. The molecule has 0 amide bonds. The summed E-state index contributed by atoms with van der Waals surface area (Å²) >= 11 is 0. The van der Waals surface area contributed by atoms with Crippen molar-refractivity contribution in [2.45, 2.75) is 40.2 Å². The molecule has 0 N–H and O–H groups in total. The molecule has 1 aromatic heterocycles. The Hall–Kier alpha value is -2.32. The zero-order valence-electron chi connectivity index (χ0n) is 12.0. The number of aryl methyl sites for hydroxylation is 2. The van der Waals surface area contributed by atoms with Crippen LogP contribution in [0, 0.1) is 53.8 Å². The van der Waals surface area contributed by atoms with Crippen LogP contribution in [0.2, 0.25) is 0 Å². The summed E-state index contributed by atoms with van der Waals surface area (Å²) in [6.45, 7) is 7.73. The van der Waals surface area contributed by atoms with Crippen LogP contribution in [0.25, 0.3) is 0 Å². The Kier molecular flexibility index (Phi) is 7.66. The lowest BCUT2D eigenvalue weighted by atomic mass is 10.2. The second kappa shape index (κ2) is 8.72. The van der Waals surface area contributed by atoms with Crippen molar-refractivity contribution in [3.63, 3.8) is 0 Å². The molecule has 0 bridgehead atoms. The first-order valence-corrected chi connectivity index (χ1v) is 6.22. The van der Waals surface area contributed by atoms with Gasteiger partial charge in [0.2, 0.25) is 12.2 Å². The van der Waals surface area contributed by atoms with Crippen molar-refractivity contribution in [3.05, 3.63) is 17.7 Å². The van der Waals surface area contributed by atoms with E-state index in [4.69, 9.17) is 15.8 Å². The molecule has 0 saturated carbocycles. The average Bonchev–Trinajstić information content (AvgIpc) is 2.66. The lowest BCUT2D eigenvalue weighted by molar-refractivity contribution is -0.702. The van der Waals surface area contributed by atoms with Crippen molar-refractivity contribution in [1.82, 2.24) is 4.57 Å². The normalized spacial score (nSPS) is 8.95. The van der Waals surface area contributed by atoms with Gasteiger partial charge in [0, 0.05) is 13.8 Å². The van der Waals surface area contributed by atoms with Gasteiger partial charge in [0.1, 0.15) is 11.4 Å². The Morgan fingerprint density at radius 1 is 1.21 bits per heavy atom. The molecule has 0 aliphatic heterocycles. The third kappa shape index (κ3) is 5.23. The van der Waals surface area contributed by atoms with E-state index in [0.717, 1.165) is 6.54 Å². The Labute approximate surface area is 114 Å². The van der Waals surface area contributed by atoms with Crippen LogP contribution in [0.15, 0.2) is 6.33 Å². The second-order valence-corrected chi connectivity index (χ2v) is 4.26. The first kappa shape index (κ1) is 16.7. The fraction of sp³-hybridized carbons (Fsp3) is 0.571. The fourth-order valence-corrected chi connectivity index (χ4v) is 1.49. The molecule has 0 radical (unpaired) electrons. The quantitative estimate of drug-likeness (QED) is 0.776. The molecule has 0 aliphatic carbocycles. The van der Waals surface area contributed by atoms with Crippen LogP contribution in [0.5, 0.6) is 0 Å². The van der Waals surface area contributed by atoms with Crippen molar-refractivity contribution >= 4 is 0 Å². The summed E-state index contributed by atoms with van der Waals surface area (Å²) < 4.78 is 4.52. The van der Waals surface area contributed by atoms with E-state index in [9.17, 15) is 0 Å². The van der Waals surface area contributed by atoms with Gasteiger partial charge in [0.25, 0.3) is 0 Å². The molecule has 0 aliphatic rings. The zero-order chi connectivity index (χ0) is 14.8. The van der Waals surface area contributed by atoms with E-state index in [1.807, 2.05) is 0 Å². The maximum absolute atomic E-state index is 7.83. The standard InChI is InChI=1S/C10H19N2.C4HN3/c1-5-6-7-12-8-11(4)9(2)10(12)3;5-1-4(2-6)3-7/h8H,5-7H2,1-4H3;4H/q+1;. The molecule has 0 unspecified atom stereocenters. The average molecular weight is 258 g/mol. The first-order chi connectivity index (χ1) is 9.01. The molecule has 5 heteroatoms. The molecule has 0 aromatic carbocycles. The van der Waals surface area contributed by atoms with Crippen LogP contribution < -0.4 is 4.57 Å². The molecule has 1 aromatic rings. The Balaban J connectivity index is 0.000000399. The third-order valence-corrected chi connectivity index (χ3v) is 2.94. The summed E-state index contributed by atoms with van der Waals surface area (Å²) in [7, 11) is 2.10. The van der Waals surface area contributed by atoms with E-state index < -0.39 is 5.92 Å². The summed E-state index contributed by atoms with van der Waals surface area (Å²) in [4.78, 5) is 0. The van der Waals surface area contributed by atoms with Crippen molar-refractivity contribution in [1.29, 1.82) is 15.8 Å². The molecule has 1 heterocycles. The maximum Gasteiger partial charge on any atom is 0.243 e. The second-order valence-electron chi connectivity index (χ2n) is 4.26. The predicted molar refractivity (Wildman–Crippen MR) is 70.3 cm³/mol. The first-order valence-electron chi connectivity index (χ1n) is 6.22. The molecule has 19 heavy (non-hydrogen) atoms. The molecule has 0 fully saturated rings. The largest absolute Gasteiger partial charge is 0.243 e. The molecule has 5 nitrogen and oxygen atoms in total. The van der Waals surface area contributed by atoms with Crippen LogP contribution in [-0.2, 0) is 13.6 Å². The van der Waals surface area contributed by atoms with Crippen LogP contribution in [-0.4, -0.2) is 4.57 Å². The Morgan fingerprint density at radius 3 is 2.00 bits per heavy atom. The van der Waals surface area contributed by atoms with Crippen molar-refractivity contribution in [2.75, 3.05) is 0 Å². The van der Waals surface area contributed by atoms with Crippen LogP contribution in [0.4, 0.5) is 0 Å². The molecule has 0 spiro atoms. The van der Waals surface area contributed by atoms with E-state index in [-0.39, 0.29) is 0 Å². The topological polar surface area (TPSA) is 80.2 Å². The van der Waals surface area contributed by atoms with Gasteiger partial charge in [0.15, 0.2) is 0 Å². The highest BCUT2D eigenvalue weighted by molar-refractivity contribution is 5.11. The summed E-state index contributed by atoms with van der Waals surface area (Å²) in [6, 6.07) is 4.44. The highest BCUT2D eigenvalue weighted by Crippen LogP contribution is 2.00. The van der Waals surface area contributed by atoms with E-state index in [1.54, 1.807) is 0 Å². The lowest BCUT2D eigenvalue weighted by Crippen LogP contribution is -2.34. The van der Waals surface area contributed by atoms with Gasteiger partial charge in [-0.05, 0) is 6.42 Å². The van der Waals surface area contributed by atoms with Gasteiger partial charge in [-0.3, -0.25) is 0 Å². The number of aromatic nitrogens is 2. The van der Waals surface area contributed by atoms with Crippen LogP contribution >= 0.6 is 0 Å². The van der Waals surface area contributed by atoms with Crippen molar-refractivity contribution in [2.24, 2.45) is 13.0 Å². The minimum atomic E-state index is -1.10. The van der Waals surface area contributed by atoms with Gasteiger partial charge in [-0.2, -0.15) is 15.8 Å². The lowest BCUT2D eigenvalue weighted by Gasteiger charge is -1.95. The molecule has 100 valence electrons. The number of hydrogen-bond donors (Lipinski definition) is 0. The zero-order valence-corrected chi connectivity index (χ0v) is 12.0. The third-order valence-electron chi connectivity index (χ3n) is 2.94. The summed E-state index contributed by atoms with van der Waals surface area (Å²) in [5, 5.41) is 23.5. The van der Waals surface area contributed by atoms with Gasteiger partial charge in [-0.15, -0.1) is 0 Å². The van der Waals surface area contributed by atoms with E-state index in [0.29, 0.717) is 0 Å². The van der Waals surface area contributed by atoms with Crippen molar-refractivity contribution < 1.29 is 4.57 Å². The fourth-order valence-electron chi connectivity index (χ4n) is 1.49. The monoisotopic (exact) mass is 258 g/mol. The van der Waals surface area contributed by atoms with Gasteiger partial charge in [0.05, 0.1) is 31.8 Å². The number of rotatable bonds is 3. The van der Waals surface area contributed by atoms with Gasteiger partial charge in [-0.1, -0.05) is 13.3 Å². The highest BCUT2D eigenvalue weighted by Gasteiger charge is 2.11.